The average molecular weight is 353 g/mol. The van der Waals surface area contributed by atoms with E-state index in [0.29, 0.717) is 10.9 Å². The van der Waals surface area contributed by atoms with Crippen molar-refractivity contribution < 1.29 is 4.79 Å². The van der Waals surface area contributed by atoms with Gasteiger partial charge in [-0.2, -0.15) is 0 Å². The number of aromatic nitrogens is 6. The number of fused-ring (bicyclic) bond motifs is 2. The number of hydrogen-bond donors (Lipinski definition) is 1. The van der Waals surface area contributed by atoms with E-state index in [-0.39, 0.29) is 24.6 Å². The molecule has 1 N–H and O–H groups in total. The first-order valence-corrected chi connectivity index (χ1v) is 8.72. The standard InChI is InChI=1S/C17H19N7O2/c25-16(11-24-17(26)12-6-3-4-7-13(12)19-22-24)18-10-15-21-20-14-8-2-1-5-9-23(14)15/h3-4,6-7H,1-2,5,8-11H2,(H,18,25). The van der Waals surface area contributed by atoms with Gasteiger partial charge in [0.05, 0.1) is 11.9 Å². The van der Waals surface area contributed by atoms with Crippen molar-refractivity contribution in [2.24, 2.45) is 0 Å². The van der Waals surface area contributed by atoms with E-state index in [2.05, 4.69) is 30.4 Å². The van der Waals surface area contributed by atoms with Gasteiger partial charge in [0.15, 0.2) is 5.82 Å². The number of amides is 1. The van der Waals surface area contributed by atoms with Gasteiger partial charge in [-0.05, 0) is 25.0 Å². The second kappa shape index (κ2) is 7.03. The van der Waals surface area contributed by atoms with Gasteiger partial charge in [-0.1, -0.05) is 23.8 Å². The van der Waals surface area contributed by atoms with Crippen LogP contribution < -0.4 is 10.9 Å². The van der Waals surface area contributed by atoms with Crippen LogP contribution in [0, 0.1) is 0 Å². The van der Waals surface area contributed by atoms with Crippen LogP contribution in [0.15, 0.2) is 29.1 Å². The molecule has 134 valence electrons. The molecule has 1 aliphatic rings. The predicted octanol–water partition coefficient (Wildman–Crippen LogP) is 0.426. The van der Waals surface area contributed by atoms with Gasteiger partial charge in [0.2, 0.25) is 5.91 Å². The van der Waals surface area contributed by atoms with Gasteiger partial charge in [-0.15, -0.1) is 15.3 Å². The van der Waals surface area contributed by atoms with Gasteiger partial charge >= 0.3 is 0 Å². The van der Waals surface area contributed by atoms with E-state index in [0.717, 1.165) is 42.1 Å². The first-order chi connectivity index (χ1) is 12.7. The summed E-state index contributed by atoms with van der Waals surface area (Å²) >= 11 is 0. The summed E-state index contributed by atoms with van der Waals surface area (Å²) in [5.74, 6) is 1.40. The quantitative estimate of drug-likeness (QED) is 0.729. The van der Waals surface area contributed by atoms with Crippen molar-refractivity contribution in [3.63, 3.8) is 0 Å². The van der Waals surface area contributed by atoms with Gasteiger partial charge in [0.25, 0.3) is 5.56 Å². The molecule has 4 rings (SSSR count). The van der Waals surface area contributed by atoms with Crippen molar-refractivity contribution in [2.75, 3.05) is 0 Å². The number of aryl methyl sites for hydroxylation is 1. The number of carbonyl (C=O) groups excluding carboxylic acids is 1. The molecule has 0 radical (unpaired) electrons. The molecule has 0 atom stereocenters. The molecule has 1 aromatic carbocycles. The lowest BCUT2D eigenvalue weighted by molar-refractivity contribution is -0.122. The van der Waals surface area contributed by atoms with Crippen LogP contribution >= 0.6 is 0 Å². The van der Waals surface area contributed by atoms with Crippen LogP contribution in [-0.4, -0.2) is 35.7 Å². The van der Waals surface area contributed by atoms with Crippen LogP contribution in [0.1, 0.15) is 30.9 Å². The molecule has 0 saturated carbocycles. The highest BCUT2D eigenvalue weighted by molar-refractivity contribution is 5.78. The summed E-state index contributed by atoms with van der Waals surface area (Å²) in [5.41, 5.74) is 0.183. The second-order valence-electron chi connectivity index (χ2n) is 6.34. The molecule has 3 heterocycles. The Bertz CT molecular complexity index is 1010. The third-order valence-electron chi connectivity index (χ3n) is 4.55. The van der Waals surface area contributed by atoms with Gasteiger partial charge in [-0.25, -0.2) is 4.68 Å². The van der Waals surface area contributed by atoms with Crippen LogP contribution in [-0.2, 0) is 30.8 Å². The molecule has 0 aliphatic carbocycles. The number of benzene rings is 1. The summed E-state index contributed by atoms with van der Waals surface area (Å²) in [4.78, 5) is 24.6. The Kier molecular flexibility index (Phi) is 4.42. The van der Waals surface area contributed by atoms with E-state index in [1.54, 1.807) is 24.3 Å². The molecular formula is C17H19N7O2. The maximum atomic E-state index is 12.4. The molecule has 3 aromatic rings. The van der Waals surface area contributed by atoms with Crippen LogP contribution in [0.4, 0.5) is 0 Å². The zero-order valence-corrected chi connectivity index (χ0v) is 14.3. The Morgan fingerprint density at radius 2 is 2.00 bits per heavy atom. The predicted molar refractivity (Wildman–Crippen MR) is 93.2 cm³/mol. The van der Waals surface area contributed by atoms with Gasteiger partial charge in [0, 0.05) is 13.0 Å². The van der Waals surface area contributed by atoms with Crippen LogP contribution in [0.2, 0.25) is 0 Å². The lowest BCUT2D eigenvalue weighted by Crippen LogP contribution is -2.34. The Hall–Kier alpha value is -3.10. The third-order valence-corrected chi connectivity index (χ3v) is 4.55. The Balaban J connectivity index is 1.44. The molecule has 0 bridgehead atoms. The first-order valence-electron chi connectivity index (χ1n) is 8.72. The lowest BCUT2D eigenvalue weighted by Gasteiger charge is -2.09. The molecule has 0 fully saturated rings. The van der Waals surface area contributed by atoms with Gasteiger partial charge in [-0.3, -0.25) is 9.59 Å². The first kappa shape index (κ1) is 16.4. The monoisotopic (exact) mass is 353 g/mol. The Labute approximate surface area is 149 Å². The smallest absolute Gasteiger partial charge is 0.278 e. The van der Waals surface area contributed by atoms with E-state index in [4.69, 9.17) is 0 Å². The van der Waals surface area contributed by atoms with Crippen LogP contribution in [0.25, 0.3) is 10.9 Å². The van der Waals surface area contributed by atoms with E-state index in [1.807, 2.05) is 0 Å². The van der Waals surface area contributed by atoms with Gasteiger partial charge < -0.3 is 9.88 Å². The highest BCUT2D eigenvalue weighted by Gasteiger charge is 2.15. The van der Waals surface area contributed by atoms with Gasteiger partial charge in [0.1, 0.15) is 17.9 Å². The summed E-state index contributed by atoms with van der Waals surface area (Å²) in [6.45, 7) is 0.975. The molecule has 0 spiro atoms. The fraction of sp³-hybridized carbons (Fsp3) is 0.412. The van der Waals surface area contributed by atoms with E-state index in [9.17, 15) is 9.59 Å². The summed E-state index contributed by atoms with van der Waals surface area (Å²) in [6, 6.07) is 6.93. The molecule has 2 aromatic heterocycles. The van der Waals surface area contributed by atoms with E-state index >= 15 is 0 Å². The molecule has 0 unspecified atom stereocenters. The highest BCUT2D eigenvalue weighted by atomic mass is 16.2. The number of carbonyl (C=O) groups is 1. The van der Waals surface area contributed by atoms with Crippen LogP contribution in [0.5, 0.6) is 0 Å². The molecule has 0 saturated heterocycles. The van der Waals surface area contributed by atoms with Crippen molar-refractivity contribution in [3.8, 4) is 0 Å². The fourth-order valence-corrected chi connectivity index (χ4v) is 3.17. The largest absolute Gasteiger partial charge is 0.347 e. The minimum absolute atomic E-state index is 0.183. The topological polar surface area (TPSA) is 108 Å². The summed E-state index contributed by atoms with van der Waals surface area (Å²) in [5, 5.41) is 19.4. The molecular weight excluding hydrogens is 334 g/mol. The number of nitrogens with one attached hydrogen (secondary N) is 1. The van der Waals surface area contributed by atoms with Crippen molar-refractivity contribution in [3.05, 3.63) is 46.3 Å². The Morgan fingerprint density at radius 3 is 2.92 bits per heavy atom. The second-order valence-corrected chi connectivity index (χ2v) is 6.34. The highest BCUT2D eigenvalue weighted by Crippen LogP contribution is 2.14. The maximum Gasteiger partial charge on any atom is 0.278 e. The van der Waals surface area contributed by atoms with Crippen molar-refractivity contribution in [2.45, 2.75) is 45.3 Å². The van der Waals surface area contributed by atoms with Crippen molar-refractivity contribution in [1.82, 2.24) is 35.1 Å². The number of nitrogens with zero attached hydrogens (tertiary/aromatic N) is 6. The zero-order valence-electron chi connectivity index (χ0n) is 14.3. The summed E-state index contributed by atoms with van der Waals surface area (Å²) < 4.78 is 3.15. The molecule has 9 nitrogen and oxygen atoms in total. The van der Waals surface area contributed by atoms with Crippen molar-refractivity contribution in [1.29, 1.82) is 0 Å². The summed E-state index contributed by atoms with van der Waals surface area (Å²) in [7, 11) is 0. The molecule has 1 amide bonds. The minimum atomic E-state index is -0.331. The molecule has 1 aliphatic heterocycles. The lowest BCUT2D eigenvalue weighted by atomic mass is 10.2. The SMILES string of the molecule is O=C(Cn1nnc2ccccc2c1=O)NCc1nnc2n1CCCCC2. The van der Waals surface area contributed by atoms with E-state index < -0.39 is 0 Å². The maximum absolute atomic E-state index is 12.4. The fourth-order valence-electron chi connectivity index (χ4n) is 3.17. The average Bonchev–Trinajstić information content (AvgIpc) is 2.89. The van der Waals surface area contributed by atoms with Crippen molar-refractivity contribution >= 4 is 16.8 Å². The summed E-state index contributed by atoms with van der Waals surface area (Å²) in [6.07, 6.45) is 4.31. The number of hydrogen-bond acceptors (Lipinski definition) is 6. The third kappa shape index (κ3) is 3.19. The van der Waals surface area contributed by atoms with Crippen LogP contribution in [0.3, 0.4) is 0 Å². The molecule has 26 heavy (non-hydrogen) atoms. The zero-order chi connectivity index (χ0) is 17.9. The molecule has 9 heteroatoms. The normalized spacial score (nSPS) is 14.0. The number of rotatable bonds is 4. The van der Waals surface area contributed by atoms with E-state index in [1.165, 1.54) is 6.42 Å². The minimum Gasteiger partial charge on any atom is -0.347 e. The Morgan fingerprint density at radius 1 is 1.12 bits per heavy atom.